The van der Waals surface area contributed by atoms with Gasteiger partial charge in [0.15, 0.2) is 5.78 Å². The molecule has 1 heterocycles. The topological polar surface area (TPSA) is 29.5 Å². The minimum atomic E-state index is -0.335. The molecule has 0 amide bonds. The van der Waals surface area contributed by atoms with E-state index in [1.54, 1.807) is 6.08 Å². The molecule has 1 rings (SSSR count). The molecular formula is C12H21NO2. The SMILES string of the molecule is C=CCC(=O)C(C)(CC)N1CCOCC1. The van der Waals surface area contributed by atoms with Gasteiger partial charge in [-0.2, -0.15) is 0 Å². The van der Waals surface area contributed by atoms with Crippen molar-refractivity contribution in [2.45, 2.75) is 32.2 Å². The number of carbonyl (C=O) groups is 1. The fourth-order valence-corrected chi connectivity index (χ4v) is 2.00. The summed E-state index contributed by atoms with van der Waals surface area (Å²) in [6.45, 7) is 10.9. The van der Waals surface area contributed by atoms with Crippen LogP contribution in [0, 0.1) is 0 Å². The number of Topliss-reactive ketones (excluding diaryl/α,β-unsaturated/α-hetero) is 1. The second kappa shape index (κ2) is 5.42. The lowest BCUT2D eigenvalue weighted by molar-refractivity contribution is -0.133. The molecule has 1 unspecified atom stereocenters. The van der Waals surface area contributed by atoms with Gasteiger partial charge in [0.2, 0.25) is 0 Å². The molecule has 0 bridgehead atoms. The summed E-state index contributed by atoms with van der Waals surface area (Å²) in [5.74, 6) is 0.266. The maximum Gasteiger partial charge on any atom is 0.156 e. The normalized spacial score (nSPS) is 22.0. The van der Waals surface area contributed by atoms with Gasteiger partial charge in [-0.15, -0.1) is 6.58 Å². The minimum Gasteiger partial charge on any atom is -0.379 e. The Morgan fingerprint density at radius 1 is 1.53 bits per heavy atom. The van der Waals surface area contributed by atoms with Crippen LogP contribution in [0.5, 0.6) is 0 Å². The third kappa shape index (κ3) is 2.67. The summed E-state index contributed by atoms with van der Waals surface area (Å²) in [4.78, 5) is 14.3. The smallest absolute Gasteiger partial charge is 0.156 e. The molecule has 3 nitrogen and oxygen atoms in total. The van der Waals surface area contributed by atoms with Gasteiger partial charge in [-0.25, -0.2) is 0 Å². The van der Waals surface area contributed by atoms with Crippen LogP contribution in [0.2, 0.25) is 0 Å². The Labute approximate surface area is 92.1 Å². The molecule has 3 heteroatoms. The zero-order chi connectivity index (χ0) is 11.3. The van der Waals surface area contributed by atoms with Gasteiger partial charge in [-0.1, -0.05) is 13.0 Å². The number of hydrogen-bond acceptors (Lipinski definition) is 3. The summed E-state index contributed by atoms with van der Waals surface area (Å²) < 4.78 is 5.31. The Morgan fingerprint density at radius 3 is 2.60 bits per heavy atom. The molecule has 0 aliphatic carbocycles. The Bertz CT molecular complexity index is 234. The molecule has 0 radical (unpaired) electrons. The molecule has 86 valence electrons. The molecule has 1 atom stereocenters. The second-order valence-corrected chi connectivity index (χ2v) is 4.14. The van der Waals surface area contributed by atoms with E-state index in [0.717, 1.165) is 32.7 Å². The zero-order valence-corrected chi connectivity index (χ0v) is 9.79. The van der Waals surface area contributed by atoms with Crippen LogP contribution in [0.15, 0.2) is 12.7 Å². The van der Waals surface area contributed by atoms with Crippen molar-refractivity contribution in [1.29, 1.82) is 0 Å². The average Bonchev–Trinajstić information content (AvgIpc) is 2.29. The minimum absolute atomic E-state index is 0.266. The monoisotopic (exact) mass is 211 g/mol. The average molecular weight is 211 g/mol. The number of morpholine rings is 1. The van der Waals surface area contributed by atoms with Crippen molar-refractivity contribution in [3.63, 3.8) is 0 Å². The molecule has 1 aliphatic heterocycles. The van der Waals surface area contributed by atoms with E-state index >= 15 is 0 Å². The first-order valence-corrected chi connectivity index (χ1v) is 5.62. The third-order valence-electron chi connectivity index (χ3n) is 3.33. The lowest BCUT2D eigenvalue weighted by Crippen LogP contribution is -2.55. The number of rotatable bonds is 5. The highest BCUT2D eigenvalue weighted by molar-refractivity contribution is 5.89. The van der Waals surface area contributed by atoms with Gasteiger partial charge in [0.25, 0.3) is 0 Å². The van der Waals surface area contributed by atoms with Crippen LogP contribution in [-0.2, 0) is 9.53 Å². The summed E-state index contributed by atoms with van der Waals surface area (Å²) >= 11 is 0. The van der Waals surface area contributed by atoms with Crippen molar-refractivity contribution < 1.29 is 9.53 Å². The standard InChI is InChI=1S/C12H21NO2/c1-4-6-11(14)12(3,5-2)13-7-9-15-10-8-13/h4H,1,5-10H2,2-3H3. The summed E-state index contributed by atoms with van der Waals surface area (Å²) in [5, 5.41) is 0. The Morgan fingerprint density at radius 2 is 2.13 bits per heavy atom. The lowest BCUT2D eigenvalue weighted by Gasteiger charge is -2.41. The molecule has 0 saturated carbocycles. The van der Waals surface area contributed by atoms with Gasteiger partial charge < -0.3 is 4.74 Å². The molecule has 1 fully saturated rings. The highest BCUT2D eigenvalue weighted by atomic mass is 16.5. The molecule has 15 heavy (non-hydrogen) atoms. The molecule has 1 aliphatic rings. The Kier molecular flexibility index (Phi) is 4.48. The molecule has 0 aromatic carbocycles. The van der Waals surface area contributed by atoms with Crippen LogP contribution in [0.3, 0.4) is 0 Å². The van der Waals surface area contributed by atoms with Crippen LogP contribution in [0.1, 0.15) is 26.7 Å². The maximum absolute atomic E-state index is 12.0. The van der Waals surface area contributed by atoms with Gasteiger partial charge in [-0.3, -0.25) is 9.69 Å². The number of carbonyl (C=O) groups excluding carboxylic acids is 1. The third-order valence-corrected chi connectivity index (χ3v) is 3.33. The first-order valence-electron chi connectivity index (χ1n) is 5.62. The van der Waals surface area contributed by atoms with Gasteiger partial charge in [0.05, 0.1) is 18.8 Å². The molecular weight excluding hydrogens is 190 g/mol. The van der Waals surface area contributed by atoms with Crippen LogP contribution in [0.4, 0.5) is 0 Å². The van der Waals surface area contributed by atoms with E-state index in [4.69, 9.17) is 4.74 Å². The fraction of sp³-hybridized carbons (Fsp3) is 0.750. The van der Waals surface area contributed by atoms with E-state index in [1.807, 2.05) is 6.92 Å². The maximum atomic E-state index is 12.0. The highest BCUT2D eigenvalue weighted by Gasteiger charge is 2.36. The van der Waals surface area contributed by atoms with Gasteiger partial charge in [-0.05, 0) is 13.3 Å². The molecule has 0 aromatic heterocycles. The van der Waals surface area contributed by atoms with Crippen molar-refractivity contribution in [3.8, 4) is 0 Å². The van der Waals surface area contributed by atoms with E-state index in [-0.39, 0.29) is 11.3 Å². The van der Waals surface area contributed by atoms with E-state index < -0.39 is 0 Å². The lowest BCUT2D eigenvalue weighted by atomic mass is 9.88. The summed E-state index contributed by atoms with van der Waals surface area (Å²) in [5.41, 5.74) is -0.335. The molecule has 0 aromatic rings. The number of allylic oxidation sites excluding steroid dienone is 1. The van der Waals surface area contributed by atoms with Crippen molar-refractivity contribution in [3.05, 3.63) is 12.7 Å². The largest absolute Gasteiger partial charge is 0.379 e. The van der Waals surface area contributed by atoms with Crippen LogP contribution in [-0.4, -0.2) is 42.5 Å². The second-order valence-electron chi connectivity index (χ2n) is 4.14. The Balaban J connectivity index is 2.72. The van der Waals surface area contributed by atoms with Gasteiger partial charge in [0.1, 0.15) is 0 Å². The summed E-state index contributed by atoms with van der Waals surface area (Å²) in [6.07, 6.45) is 3.00. The molecule has 0 spiro atoms. The predicted octanol–water partition coefficient (Wildman–Crippen LogP) is 1.63. The zero-order valence-electron chi connectivity index (χ0n) is 9.79. The van der Waals surface area contributed by atoms with Gasteiger partial charge >= 0.3 is 0 Å². The number of ether oxygens (including phenoxy) is 1. The number of nitrogens with zero attached hydrogens (tertiary/aromatic N) is 1. The summed E-state index contributed by atoms with van der Waals surface area (Å²) in [6, 6.07) is 0. The van der Waals surface area contributed by atoms with Crippen molar-refractivity contribution >= 4 is 5.78 Å². The summed E-state index contributed by atoms with van der Waals surface area (Å²) in [7, 11) is 0. The number of hydrogen-bond donors (Lipinski definition) is 0. The van der Waals surface area contributed by atoms with Crippen LogP contribution < -0.4 is 0 Å². The van der Waals surface area contributed by atoms with Crippen molar-refractivity contribution in [2.24, 2.45) is 0 Å². The Hall–Kier alpha value is -0.670. The van der Waals surface area contributed by atoms with E-state index in [2.05, 4.69) is 18.4 Å². The fourth-order valence-electron chi connectivity index (χ4n) is 2.00. The molecule has 0 N–H and O–H groups in total. The highest BCUT2D eigenvalue weighted by Crippen LogP contribution is 2.23. The van der Waals surface area contributed by atoms with Crippen LogP contribution >= 0.6 is 0 Å². The van der Waals surface area contributed by atoms with Crippen molar-refractivity contribution in [1.82, 2.24) is 4.90 Å². The first-order chi connectivity index (χ1) is 7.15. The van der Waals surface area contributed by atoms with E-state index in [9.17, 15) is 4.79 Å². The van der Waals surface area contributed by atoms with Crippen molar-refractivity contribution in [2.75, 3.05) is 26.3 Å². The quantitative estimate of drug-likeness (QED) is 0.647. The first kappa shape index (κ1) is 12.4. The predicted molar refractivity (Wildman–Crippen MR) is 60.9 cm³/mol. The molecule has 1 saturated heterocycles. The van der Waals surface area contributed by atoms with E-state index in [0.29, 0.717) is 6.42 Å². The van der Waals surface area contributed by atoms with Gasteiger partial charge in [0, 0.05) is 19.5 Å². The van der Waals surface area contributed by atoms with Crippen LogP contribution in [0.25, 0.3) is 0 Å². The number of ketones is 1. The van der Waals surface area contributed by atoms with E-state index in [1.165, 1.54) is 0 Å².